The Labute approximate surface area is 311 Å². The normalized spacial score (nSPS) is 11.3. The van der Waals surface area contributed by atoms with Gasteiger partial charge in [-0.3, -0.25) is 0 Å². The minimum atomic E-state index is -0.469. The molecule has 15 heteroatoms. The molecule has 1 aromatic carbocycles. The summed E-state index contributed by atoms with van der Waals surface area (Å²) in [4.78, 5) is 11.6. The first-order valence-corrected chi connectivity index (χ1v) is 18.7. The van der Waals surface area contributed by atoms with Gasteiger partial charge in [-0.1, -0.05) is 50.1 Å². The Morgan fingerprint density at radius 1 is 0.423 bits per heavy atom. The molecule has 15 nitrogen and oxygen atoms in total. The maximum Gasteiger partial charge on any atom is 0.407 e. The van der Waals surface area contributed by atoms with Crippen molar-refractivity contribution >= 4 is 6.09 Å². The van der Waals surface area contributed by atoms with E-state index in [-0.39, 0.29) is 6.61 Å². The van der Waals surface area contributed by atoms with E-state index in [0.717, 1.165) is 18.6 Å². The van der Waals surface area contributed by atoms with Crippen LogP contribution in [0.15, 0.2) is 30.3 Å². The minimum Gasteiger partial charge on any atom is -0.445 e. The molecule has 52 heavy (non-hydrogen) atoms. The van der Waals surface area contributed by atoms with E-state index in [2.05, 4.69) is 12.2 Å². The van der Waals surface area contributed by atoms with Gasteiger partial charge in [-0.25, -0.2) is 4.79 Å². The molecule has 1 amide bonds. The van der Waals surface area contributed by atoms with Crippen molar-refractivity contribution in [1.29, 1.82) is 0 Å². The fourth-order valence-electron chi connectivity index (χ4n) is 3.97. The molecule has 0 unspecified atom stereocenters. The molecule has 0 heterocycles. The second-order valence-corrected chi connectivity index (χ2v) is 11.0. The number of ether oxygens (including phenoxy) is 13. The van der Waals surface area contributed by atoms with Crippen molar-refractivity contribution in [1.82, 2.24) is 5.32 Å². The monoisotopic (exact) mass is 749 g/mol. The molecule has 304 valence electrons. The van der Waals surface area contributed by atoms with Gasteiger partial charge in [0.2, 0.25) is 0 Å². The number of alkyl carbamates (subject to hydrolysis) is 1. The molecule has 0 saturated carbocycles. The Balaban J connectivity index is 1.62. The van der Waals surface area contributed by atoms with Crippen LogP contribution < -0.4 is 5.32 Å². The van der Waals surface area contributed by atoms with Crippen LogP contribution >= 0.6 is 0 Å². The second-order valence-electron chi connectivity index (χ2n) is 11.0. The number of rotatable bonds is 42. The lowest BCUT2D eigenvalue weighted by Crippen LogP contribution is -2.28. The molecule has 0 fully saturated rings. The van der Waals surface area contributed by atoms with Gasteiger partial charge >= 0.3 is 6.09 Å². The van der Waals surface area contributed by atoms with Crippen molar-refractivity contribution in [2.24, 2.45) is 0 Å². The van der Waals surface area contributed by atoms with Gasteiger partial charge in [-0.05, 0) is 12.0 Å². The highest BCUT2D eigenvalue weighted by molar-refractivity contribution is 5.67. The summed E-state index contributed by atoms with van der Waals surface area (Å²) in [5.74, 6) is 0. The summed E-state index contributed by atoms with van der Waals surface area (Å²) < 4.78 is 70.8. The average molecular weight is 750 g/mol. The first-order valence-electron chi connectivity index (χ1n) is 18.7. The average Bonchev–Trinajstić information content (AvgIpc) is 3.16. The maximum atomic E-state index is 11.6. The molecule has 0 atom stereocenters. The van der Waals surface area contributed by atoms with E-state index in [1.54, 1.807) is 0 Å². The minimum absolute atomic E-state index is 0.237. The van der Waals surface area contributed by atoms with E-state index in [4.69, 9.17) is 61.6 Å². The number of amides is 1. The number of nitrogens with one attached hydrogen (secondary N) is 1. The molecule has 0 saturated heterocycles. The van der Waals surface area contributed by atoms with Crippen LogP contribution in [-0.4, -0.2) is 171 Å². The fourth-order valence-corrected chi connectivity index (χ4v) is 3.97. The molecule has 0 aromatic heterocycles. The molecular weight excluding hydrogens is 682 g/mol. The van der Waals surface area contributed by atoms with E-state index in [1.165, 1.54) is 12.8 Å². The fraction of sp³-hybridized carbons (Fsp3) is 0.811. The third kappa shape index (κ3) is 37.8. The van der Waals surface area contributed by atoms with Crippen molar-refractivity contribution in [3.8, 4) is 0 Å². The molecule has 0 aliphatic heterocycles. The smallest absolute Gasteiger partial charge is 0.407 e. The van der Waals surface area contributed by atoms with Crippen LogP contribution in [-0.2, 0) is 68.2 Å². The zero-order valence-corrected chi connectivity index (χ0v) is 31.6. The summed E-state index contributed by atoms with van der Waals surface area (Å²) in [6, 6.07) is 9.51. The number of hydrogen-bond donors (Lipinski definition) is 1. The van der Waals surface area contributed by atoms with Gasteiger partial charge in [-0.15, -0.1) is 0 Å². The maximum absolute atomic E-state index is 11.6. The van der Waals surface area contributed by atoms with Crippen LogP contribution in [0.2, 0.25) is 0 Å². The predicted octanol–water partition coefficient (Wildman–Crippen LogP) is 3.30. The van der Waals surface area contributed by atoms with Crippen molar-refractivity contribution in [2.45, 2.75) is 32.8 Å². The van der Waals surface area contributed by atoms with E-state index in [0.29, 0.717) is 159 Å². The summed E-state index contributed by atoms with van der Waals surface area (Å²) in [6.45, 7) is 15.2. The van der Waals surface area contributed by atoms with Gasteiger partial charge < -0.3 is 66.9 Å². The number of unbranched alkanes of at least 4 members (excludes halogenated alkanes) is 2. The van der Waals surface area contributed by atoms with E-state index in [1.807, 2.05) is 30.3 Å². The molecule has 0 radical (unpaired) electrons. The molecular formula is C37H67NO14. The first kappa shape index (κ1) is 48.0. The zero-order chi connectivity index (χ0) is 37.1. The predicted molar refractivity (Wildman–Crippen MR) is 194 cm³/mol. The van der Waals surface area contributed by atoms with Gasteiger partial charge in [0.1, 0.15) is 6.61 Å². The standard InChI is InChI=1S/C37H67NO14/c1-2-3-7-11-40-13-15-42-17-19-44-21-23-46-25-27-48-29-31-50-33-34-51-32-30-49-28-26-47-24-22-45-20-18-43-16-14-41-12-10-38-37(39)52-35-36-8-5-4-6-9-36/h4-6,8-9H,2-3,7,10-35H2,1H3,(H,38,39). The molecule has 0 bridgehead atoms. The van der Waals surface area contributed by atoms with E-state index in [9.17, 15) is 4.79 Å². The van der Waals surface area contributed by atoms with Crippen molar-refractivity contribution in [2.75, 3.05) is 165 Å². The zero-order valence-electron chi connectivity index (χ0n) is 31.6. The molecule has 0 spiro atoms. The number of hydrogen-bond acceptors (Lipinski definition) is 14. The van der Waals surface area contributed by atoms with E-state index >= 15 is 0 Å². The van der Waals surface area contributed by atoms with Crippen LogP contribution in [0, 0.1) is 0 Å². The SMILES string of the molecule is CCCCCOCCOCCOCCOCCOCCOCCOCCOCCOCCOCCOCCOCCNC(=O)OCc1ccccc1. The summed E-state index contributed by atoms with van der Waals surface area (Å²) in [5.41, 5.74) is 0.938. The lowest BCUT2D eigenvalue weighted by atomic mass is 10.2. The van der Waals surface area contributed by atoms with Gasteiger partial charge in [0.05, 0.1) is 152 Å². The number of carbonyl (C=O) groups is 1. The van der Waals surface area contributed by atoms with Crippen molar-refractivity contribution in [3.05, 3.63) is 35.9 Å². The summed E-state index contributed by atoms with van der Waals surface area (Å²) in [5, 5.41) is 2.64. The van der Waals surface area contributed by atoms with Gasteiger partial charge in [0.15, 0.2) is 0 Å². The van der Waals surface area contributed by atoms with Crippen molar-refractivity contribution in [3.63, 3.8) is 0 Å². The van der Waals surface area contributed by atoms with Gasteiger partial charge in [0.25, 0.3) is 0 Å². The Kier molecular flexibility index (Phi) is 38.6. The summed E-state index contributed by atoms with van der Waals surface area (Å²) >= 11 is 0. The highest BCUT2D eigenvalue weighted by Crippen LogP contribution is 2.00. The molecule has 1 N–H and O–H groups in total. The Bertz CT molecular complexity index is 842. The third-order valence-corrected chi connectivity index (χ3v) is 6.71. The van der Waals surface area contributed by atoms with Crippen LogP contribution in [0.1, 0.15) is 31.7 Å². The van der Waals surface area contributed by atoms with Crippen LogP contribution in [0.25, 0.3) is 0 Å². The van der Waals surface area contributed by atoms with Gasteiger partial charge in [0, 0.05) is 13.2 Å². The Hall–Kier alpha value is -1.99. The molecule has 1 aromatic rings. The largest absolute Gasteiger partial charge is 0.445 e. The highest BCUT2D eigenvalue weighted by Gasteiger charge is 2.02. The van der Waals surface area contributed by atoms with Gasteiger partial charge in [-0.2, -0.15) is 0 Å². The second kappa shape index (κ2) is 41.8. The van der Waals surface area contributed by atoms with Crippen LogP contribution in [0.5, 0.6) is 0 Å². The summed E-state index contributed by atoms with van der Waals surface area (Å²) in [6.07, 6.45) is 3.06. The third-order valence-electron chi connectivity index (χ3n) is 6.71. The quantitative estimate of drug-likeness (QED) is 0.0975. The highest BCUT2D eigenvalue weighted by atomic mass is 16.6. The lowest BCUT2D eigenvalue weighted by molar-refractivity contribution is -0.0283. The Morgan fingerprint density at radius 3 is 1.06 bits per heavy atom. The first-order chi connectivity index (χ1) is 25.8. The van der Waals surface area contributed by atoms with Crippen LogP contribution in [0.4, 0.5) is 4.79 Å². The molecule has 0 aliphatic carbocycles. The number of carbonyl (C=O) groups excluding carboxylic acids is 1. The molecule has 0 aliphatic rings. The molecule has 1 rings (SSSR count). The lowest BCUT2D eigenvalue weighted by Gasteiger charge is -2.09. The van der Waals surface area contributed by atoms with E-state index < -0.39 is 6.09 Å². The van der Waals surface area contributed by atoms with Crippen molar-refractivity contribution < 1.29 is 66.4 Å². The Morgan fingerprint density at radius 2 is 0.731 bits per heavy atom. The van der Waals surface area contributed by atoms with Crippen LogP contribution in [0.3, 0.4) is 0 Å². The summed E-state index contributed by atoms with van der Waals surface area (Å²) in [7, 11) is 0. The topological polar surface area (TPSA) is 149 Å². The number of benzene rings is 1.